The van der Waals surface area contributed by atoms with Crippen molar-refractivity contribution in [3.63, 3.8) is 0 Å². The highest BCUT2D eigenvalue weighted by Crippen LogP contribution is 2.19. The van der Waals surface area contributed by atoms with E-state index in [0.717, 1.165) is 10.9 Å². The van der Waals surface area contributed by atoms with Crippen LogP contribution in [0.5, 0.6) is 0 Å². The van der Waals surface area contributed by atoms with Crippen LogP contribution in [0.4, 0.5) is 10.1 Å². The fourth-order valence-corrected chi connectivity index (χ4v) is 2.23. The van der Waals surface area contributed by atoms with E-state index in [1.54, 1.807) is 36.4 Å². The number of halogens is 2. The third kappa shape index (κ3) is 3.67. The Morgan fingerprint density at radius 3 is 2.91 bits per heavy atom. The van der Waals surface area contributed by atoms with Gasteiger partial charge in [0.1, 0.15) is 17.8 Å². The van der Waals surface area contributed by atoms with Gasteiger partial charge in [-0.25, -0.2) is 9.38 Å². The summed E-state index contributed by atoms with van der Waals surface area (Å²) in [7, 11) is 0. The number of hydrogen-bond donors (Lipinski definition) is 3. The molecule has 3 rings (SSSR count). The molecule has 3 N–H and O–H groups in total. The molecule has 0 spiro atoms. The molecule has 0 radical (unpaired) electrons. The van der Waals surface area contributed by atoms with Crippen molar-refractivity contribution in [1.29, 1.82) is 0 Å². The maximum atomic E-state index is 13.0. The zero-order valence-corrected chi connectivity index (χ0v) is 12.6. The van der Waals surface area contributed by atoms with Crippen LogP contribution >= 0.6 is 11.6 Å². The standard InChI is InChI=1S/C16H12ClFN4O/c17-11-4-5-14-10(6-11)7-15(21-14)16(23)22-20-9-19-13-3-1-2-12(18)8-13/h1-9,21H,(H,19,20)(H,22,23). The van der Waals surface area contributed by atoms with E-state index >= 15 is 0 Å². The molecule has 0 fully saturated rings. The number of fused-ring (bicyclic) bond motifs is 1. The zero-order chi connectivity index (χ0) is 16.2. The smallest absolute Gasteiger partial charge is 0.286 e. The van der Waals surface area contributed by atoms with E-state index in [4.69, 9.17) is 11.6 Å². The van der Waals surface area contributed by atoms with Crippen LogP contribution in [-0.2, 0) is 0 Å². The third-order valence-electron chi connectivity index (χ3n) is 3.10. The highest BCUT2D eigenvalue weighted by Gasteiger charge is 2.08. The van der Waals surface area contributed by atoms with Gasteiger partial charge < -0.3 is 4.98 Å². The molecule has 0 unspecified atom stereocenters. The molecule has 5 nitrogen and oxygen atoms in total. The molecule has 0 saturated carbocycles. The number of aromatic nitrogens is 1. The molecule has 3 aromatic rings. The van der Waals surface area contributed by atoms with Gasteiger partial charge in [-0.1, -0.05) is 17.7 Å². The van der Waals surface area contributed by atoms with E-state index in [1.165, 1.54) is 18.5 Å². The van der Waals surface area contributed by atoms with Gasteiger partial charge in [0.05, 0.1) is 5.69 Å². The number of nitrogens with zero attached hydrogens (tertiary/aromatic N) is 1. The van der Waals surface area contributed by atoms with Gasteiger partial charge in [0.25, 0.3) is 5.91 Å². The minimum absolute atomic E-state index is 0.358. The van der Waals surface area contributed by atoms with Gasteiger partial charge in [0.15, 0.2) is 0 Å². The summed E-state index contributed by atoms with van der Waals surface area (Å²) in [5.41, 5.74) is 6.64. The molecule has 7 heteroatoms. The molecule has 0 aliphatic carbocycles. The lowest BCUT2D eigenvalue weighted by molar-refractivity contribution is 0.0940. The molecule has 1 aromatic heterocycles. The Bertz CT molecular complexity index is 891. The summed E-state index contributed by atoms with van der Waals surface area (Å²) in [4.78, 5) is 19.0. The van der Waals surface area contributed by atoms with Crippen molar-refractivity contribution < 1.29 is 9.18 Å². The highest BCUT2D eigenvalue weighted by molar-refractivity contribution is 6.31. The van der Waals surface area contributed by atoms with Crippen LogP contribution in [-0.4, -0.2) is 17.2 Å². The number of aliphatic imine (C=N–C) groups is 1. The van der Waals surface area contributed by atoms with Crippen LogP contribution in [0.15, 0.2) is 53.5 Å². The molecule has 2 aromatic carbocycles. The molecular weight excluding hydrogens is 319 g/mol. The molecular formula is C16H12ClFN4O. The molecule has 23 heavy (non-hydrogen) atoms. The normalized spacial score (nSPS) is 11.0. The van der Waals surface area contributed by atoms with Gasteiger partial charge in [-0.05, 0) is 42.5 Å². The molecule has 116 valence electrons. The number of hydrazine groups is 1. The van der Waals surface area contributed by atoms with Crippen LogP contribution in [0, 0.1) is 5.82 Å². The van der Waals surface area contributed by atoms with Gasteiger partial charge in [-0.2, -0.15) is 0 Å². The minimum atomic E-state index is -0.375. The van der Waals surface area contributed by atoms with E-state index in [-0.39, 0.29) is 11.7 Å². The summed E-state index contributed by atoms with van der Waals surface area (Å²) < 4.78 is 13.0. The zero-order valence-electron chi connectivity index (χ0n) is 11.8. The second kappa shape index (κ2) is 6.50. The minimum Gasteiger partial charge on any atom is -0.350 e. The van der Waals surface area contributed by atoms with Crippen molar-refractivity contribution >= 4 is 40.4 Å². The van der Waals surface area contributed by atoms with Crippen LogP contribution in [0.1, 0.15) is 10.5 Å². The second-order valence-corrected chi connectivity index (χ2v) is 5.19. The van der Waals surface area contributed by atoms with Crippen molar-refractivity contribution in [2.75, 3.05) is 0 Å². The van der Waals surface area contributed by atoms with E-state index in [0.29, 0.717) is 16.4 Å². The van der Waals surface area contributed by atoms with E-state index in [2.05, 4.69) is 20.8 Å². The van der Waals surface area contributed by atoms with E-state index < -0.39 is 0 Å². The summed E-state index contributed by atoms with van der Waals surface area (Å²) >= 11 is 5.91. The van der Waals surface area contributed by atoms with Crippen molar-refractivity contribution in [2.45, 2.75) is 0 Å². The Morgan fingerprint density at radius 1 is 1.22 bits per heavy atom. The Balaban J connectivity index is 1.62. The summed E-state index contributed by atoms with van der Waals surface area (Å²) in [6.45, 7) is 0. The predicted molar refractivity (Wildman–Crippen MR) is 88.5 cm³/mol. The Labute approximate surface area is 136 Å². The van der Waals surface area contributed by atoms with Gasteiger partial charge in [-0.3, -0.25) is 15.6 Å². The maximum Gasteiger partial charge on any atom is 0.286 e. The number of H-pyrrole nitrogens is 1. The number of benzene rings is 2. The number of nitrogens with one attached hydrogen (secondary N) is 3. The van der Waals surface area contributed by atoms with Gasteiger partial charge in [0.2, 0.25) is 0 Å². The molecule has 0 aliphatic heterocycles. The molecule has 1 amide bonds. The van der Waals surface area contributed by atoms with Crippen molar-refractivity contribution in [2.24, 2.45) is 4.99 Å². The average Bonchev–Trinajstić information content (AvgIpc) is 2.94. The topological polar surface area (TPSA) is 69.3 Å². The molecule has 1 heterocycles. The molecule has 0 bridgehead atoms. The van der Waals surface area contributed by atoms with E-state index in [9.17, 15) is 9.18 Å². The van der Waals surface area contributed by atoms with E-state index in [1.807, 2.05) is 0 Å². The summed E-state index contributed by atoms with van der Waals surface area (Å²) in [6, 6.07) is 12.8. The fourth-order valence-electron chi connectivity index (χ4n) is 2.05. The predicted octanol–water partition coefficient (Wildman–Crippen LogP) is 3.55. The largest absolute Gasteiger partial charge is 0.350 e. The first-order chi connectivity index (χ1) is 11.1. The molecule has 0 atom stereocenters. The quantitative estimate of drug-likeness (QED) is 0.389. The summed E-state index contributed by atoms with van der Waals surface area (Å²) in [5.74, 6) is -0.733. The van der Waals surface area contributed by atoms with Gasteiger partial charge >= 0.3 is 0 Å². The van der Waals surface area contributed by atoms with Crippen molar-refractivity contribution in [3.05, 3.63) is 65.1 Å². The number of rotatable bonds is 4. The van der Waals surface area contributed by atoms with Crippen LogP contribution < -0.4 is 10.9 Å². The third-order valence-corrected chi connectivity index (χ3v) is 3.33. The first-order valence-corrected chi connectivity index (χ1v) is 7.12. The summed E-state index contributed by atoms with van der Waals surface area (Å²) in [6.07, 6.45) is 1.27. The Kier molecular flexibility index (Phi) is 4.25. The number of hydrogen-bond acceptors (Lipinski definition) is 2. The lowest BCUT2D eigenvalue weighted by Crippen LogP contribution is -2.36. The summed E-state index contributed by atoms with van der Waals surface area (Å²) in [5, 5.41) is 1.44. The first kappa shape index (κ1) is 15.1. The van der Waals surface area contributed by atoms with Crippen LogP contribution in [0.2, 0.25) is 5.02 Å². The number of carbonyl (C=O) groups is 1. The SMILES string of the molecule is O=C(NNC=Nc1cccc(F)c1)c1cc2cc(Cl)ccc2[nH]1. The lowest BCUT2D eigenvalue weighted by atomic mass is 10.2. The van der Waals surface area contributed by atoms with Gasteiger partial charge in [0, 0.05) is 15.9 Å². The van der Waals surface area contributed by atoms with Crippen molar-refractivity contribution in [1.82, 2.24) is 15.8 Å². The molecule has 0 saturated heterocycles. The van der Waals surface area contributed by atoms with Gasteiger partial charge in [-0.15, -0.1) is 0 Å². The Hall–Kier alpha value is -2.86. The molecule has 0 aliphatic rings. The monoisotopic (exact) mass is 330 g/mol. The van der Waals surface area contributed by atoms with Crippen LogP contribution in [0.25, 0.3) is 10.9 Å². The number of carbonyl (C=O) groups excluding carboxylic acids is 1. The lowest BCUT2D eigenvalue weighted by Gasteiger charge is -2.01. The Morgan fingerprint density at radius 2 is 2.09 bits per heavy atom. The van der Waals surface area contributed by atoms with Crippen molar-refractivity contribution in [3.8, 4) is 0 Å². The number of aromatic amines is 1. The maximum absolute atomic E-state index is 13.0. The number of amides is 1. The van der Waals surface area contributed by atoms with Crippen LogP contribution in [0.3, 0.4) is 0 Å². The first-order valence-electron chi connectivity index (χ1n) is 6.74. The second-order valence-electron chi connectivity index (χ2n) is 4.75. The average molecular weight is 331 g/mol. The highest BCUT2D eigenvalue weighted by atomic mass is 35.5. The fraction of sp³-hybridized carbons (Fsp3) is 0.